The molecule has 0 saturated carbocycles. The topological polar surface area (TPSA) is 135 Å². The first kappa shape index (κ1) is 24.1. The molecule has 1 aromatic rings. The normalized spacial score (nSPS) is 22.8. The van der Waals surface area contributed by atoms with Gasteiger partial charge in [0.25, 0.3) is 0 Å². The maximum Gasteiger partial charge on any atom is 0.339 e. The number of benzene rings is 1. The van der Waals surface area contributed by atoms with E-state index in [0.717, 1.165) is 0 Å². The van der Waals surface area contributed by atoms with E-state index in [1.54, 1.807) is 26.8 Å². The van der Waals surface area contributed by atoms with Gasteiger partial charge >= 0.3 is 23.9 Å². The lowest BCUT2D eigenvalue weighted by Crippen LogP contribution is -2.59. The van der Waals surface area contributed by atoms with Crippen molar-refractivity contribution in [1.82, 2.24) is 0 Å². The lowest BCUT2D eigenvalue weighted by molar-refractivity contribution is -0.261. The molecule has 1 N–H and O–H groups in total. The van der Waals surface area contributed by atoms with Gasteiger partial charge in [-0.1, -0.05) is 32.9 Å². The van der Waals surface area contributed by atoms with Crippen molar-refractivity contribution >= 4 is 23.9 Å². The molecule has 10 nitrogen and oxygen atoms in total. The van der Waals surface area contributed by atoms with E-state index in [4.69, 9.17) is 23.7 Å². The van der Waals surface area contributed by atoms with Crippen molar-refractivity contribution in [3.8, 4) is 5.75 Å². The molecular weight excluding hydrogens is 412 g/mol. The van der Waals surface area contributed by atoms with Gasteiger partial charge < -0.3 is 28.8 Å². The predicted molar refractivity (Wildman–Crippen MR) is 104 cm³/mol. The Morgan fingerprint density at radius 3 is 2.03 bits per heavy atom. The second kappa shape index (κ2) is 11.3. The van der Waals surface area contributed by atoms with Crippen molar-refractivity contribution in [3.05, 3.63) is 29.8 Å². The van der Waals surface area contributed by atoms with Crippen LogP contribution in [-0.4, -0.2) is 60.2 Å². The molecule has 1 saturated heterocycles. The second-order valence-corrected chi connectivity index (χ2v) is 6.62. The van der Waals surface area contributed by atoms with Crippen LogP contribution in [0.25, 0.3) is 0 Å². The van der Waals surface area contributed by atoms with E-state index < -0.39 is 48.5 Å². The van der Waals surface area contributed by atoms with Gasteiger partial charge in [-0.25, -0.2) is 4.79 Å². The Bertz CT molecular complexity index is 805. The van der Waals surface area contributed by atoms with Crippen LogP contribution in [0.5, 0.6) is 5.75 Å². The highest BCUT2D eigenvalue weighted by Gasteiger charge is 2.48. The van der Waals surface area contributed by atoms with Gasteiger partial charge in [-0.2, -0.15) is 0 Å². The molecule has 1 heterocycles. The van der Waals surface area contributed by atoms with Gasteiger partial charge in [0.2, 0.25) is 12.4 Å². The third kappa shape index (κ3) is 6.42. The standard InChI is InChI=1S/C21H26O10/c1-4-15(22)28-14-11-27-21(29-13-10-8-7-9-12(13)20(25)26)19(31-17(24)6-3)18(14)30-16(23)5-2/h7-10,14,18-19,21H,4-6,11H2,1-3H3,(H,25,26)/t14-,18-,19+,21-/m0/s1. The fourth-order valence-corrected chi connectivity index (χ4v) is 2.81. The van der Waals surface area contributed by atoms with Crippen molar-refractivity contribution in [2.75, 3.05) is 6.61 Å². The zero-order valence-corrected chi connectivity index (χ0v) is 17.6. The van der Waals surface area contributed by atoms with Crippen molar-refractivity contribution in [3.63, 3.8) is 0 Å². The lowest BCUT2D eigenvalue weighted by atomic mass is 10.0. The average molecular weight is 438 g/mol. The molecule has 170 valence electrons. The zero-order chi connectivity index (χ0) is 23.0. The molecule has 0 bridgehead atoms. The molecule has 1 fully saturated rings. The first-order valence-corrected chi connectivity index (χ1v) is 9.99. The average Bonchev–Trinajstić information content (AvgIpc) is 2.77. The van der Waals surface area contributed by atoms with Crippen LogP contribution in [-0.2, 0) is 33.3 Å². The Kier molecular flexibility index (Phi) is 8.80. The van der Waals surface area contributed by atoms with Crippen LogP contribution >= 0.6 is 0 Å². The van der Waals surface area contributed by atoms with E-state index >= 15 is 0 Å². The van der Waals surface area contributed by atoms with Crippen LogP contribution in [0.2, 0.25) is 0 Å². The van der Waals surface area contributed by atoms with Crippen LogP contribution < -0.4 is 4.74 Å². The second-order valence-electron chi connectivity index (χ2n) is 6.62. The molecule has 0 aliphatic carbocycles. The Labute approximate surface area is 179 Å². The number of carbonyl (C=O) groups excluding carboxylic acids is 3. The highest BCUT2D eigenvalue weighted by atomic mass is 16.7. The minimum absolute atomic E-state index is 0.0167. The van der Waals surface area contributed by atoms with Gasteiger partial charge in [0, 0.05) is 19.3 Å². The van der Waals surface area contributed by atoms with Gasteiger partial charge in [0.1, 0.15) is 11.3 Å². The van der Waals surface area contributed by atoms with E-state index in [-0.39, 0.29) is 37.2 Å². The molecule has 0 amide bonds. The Hall–Kier alpha value is -3.14. The summed E-state index contributed by atoms with van der Waals surface area (Å²) in [7, 11) is 0. The molecule has 0 aromatic heterocycles. The lowest BCUT2D eigenvalue weighted by Gasteiger charge is -2.40. The van der Waals surface area contributed by atoms with Crippen molar-refractivity contribution in [1.29, 1.82) is 0 Å². The molecule has 10 heteroatoms. The predicted octanol–water partition coefficient (Wildman–Crippen LogP) is 2.09. The minimum Gasteiger partial charge on any atom is -0.478 e. The van der Waals surface area contributed by atoms with Gasteiger partial charge in [-0.05, 0) is 12.1 Å². The number of para-hydroxylation sites is 1. The fourth-order valence-electron chi connectivity index (χ4n) is 2.81. The molecule has 31 heavy (non-hydrogen) atoms. The van der Waals surface area contributed by atoms with Crippen LogP contribution in [0.3, 0.4) is 0 Å². The highest BCUT2D eigenvalue weighted by Crippen LogP contribution is 2.29. The molecule has 0 unspecified atom stereocenters. The molecule has 2 rings (SSSR count). The number of carboxylic acid groups (broad SMARTS) is 1. The summed E-state index contributed by atoms with van der Waals surface area (Å²) in [6.07, 6.45) is -4.70. The summed E-state index contributed by atoms with van der Waals surface area (Å²) in [6.45, 7) is 4.54. The number of aromatic carboxylic acids is 1. The third-order valence-electron chi connectivity index (χ3n) is 4.43. The van der Waals surface area contributed by atoms with Gasteiger partial charge in [0.15, 0.2) is 12.2 Å². The maximum atomic E-state index is 12.1. The fraction of sp³-hybridized carbons (Fsp3) is 0.524. The third-order valence-corrected chi connectivity index (χ3v) is 4.43. The molecule has 0 radical (unpaired) electrons. The number of hydrogen-bond acceptors (Lipinski definition) is 9. The summed E-state index contributed by atoms with van der Waals surface area (Å²) < 4.78 is 27.5. The number of rotatable bonds is 9. The van der Waals surface area contributed by atoms with E-state index in [0.29, 0.717) is 0 Å². The van der Waals surface area contributed by atoms with E-state index in [9.17, 15) is 24.3 Å². The van der Waals surface area contributed by atoms with Crippen LogP contribution in [0.15, 0.2) is 24.3 Å². The summed E-state index contributed by atoms with van der Waals surface area (Å²) in [5.74, 6) is -3.04. The monoisotopic (exact) mass is 438 g/mol. The molecular formula is C21H26O10. The Morgan fingerprint density at radius 2 is 1.45 bits per heavy atom. The maximum absolute atomic E-state index is 12.1. The van der Waals surface area contributed by atoms with Crippen LogP contribution in [0, 0.1) is 0 Å². The first-order chi connectivity index (χ1) is 14.8. The molecule has 0 spiro atoms. The molecule has 1 aliphatic heterocycles. The summed E-state index contributed by atoms with van der Waals surface area (Å²) in [6, 6.07) is 5.85. The van der Waals surface area contributed by atoms with Crippen LogP contribution in [0.4, 0.5) is 0 Å². The molecule has 4 atom stereocenters. The number of ether oxygens (including phenoxy) is 5. The highest BCUT2D eigenvalue weighted by molar-refractivity contribution is 5.90. The number of esters is 3. The van der Waals surface area contributed by atoms with Gasteiger partial charge in [-0.3, -0.25) is 14.4 Å². The van der Waals surface area contributed by atoms with Crippen molar-refractivity contribution in [2.45, 2.75) is 64.6 Å². The van der Waals surface area contributed by atoms with E-state index in [2.05, 4.69) is 0 Å². The van der Waals surface area contributed by atoms with Gasteiger partial charge in [-0.15, -0.1) is 0 Å². The molecule has 1 aromatic carbocycles. The smallest absolute Gasteiger partial charge is 0.339 e. The quantitative estimate of drug-likeness (QED) is 0.451. The van der Waals surface area contributed by atoms with Crippen LogP contribution in [0.1, 0.15) is 50.4 Å². The first-order valence-electron chi connectivity index (χ1n) is 9.99. The summed E-state index contributed by atoms with van der Waals surface area (Å²) >= 11 is 0. The summed E-state index contributed by atoms with van der Waals surface area (Å²) in [5, 5.41) is 9.38. The minimum atomic E-state index is -1.30. The van der Waals surface area contributed by atoms with E-state index in [1.807, 2.05) is 0 Å². The number of hydrogen-bond donors (Lipinski definition) is 1. The number of carbonyl (C=O) groups is 4. The summed E-state index contributed by atoms with van der Waals surface area (Å²) in [5.41, 5.74) is -0.131. The summed E-state index contributed by atoms with van der Waals surface area (Å²) in [4.78, 5) is 47.4. The number of carboxylic acids is 1. The van der Waals surface area contributed by atoms with Gasteiger partial charge in [0.05, 0.1) is 6.61 Å². The Morgan fingerprint density at radius 1 is 0.903 bits per heavy atom. The molecule has 1 aliphatic rings. The Balaban J connectivity index is 2.38. The zero-order valence-electron chi connectivity index (χ0n) is 17.6. The van der Waals surface area contributed by atoms with Crippen molar-refractivity contribution in [2.24, 2.45) is 0 Å². The SMILES string of the molecule is CCC(=O)O[C@@H]1[C@@H](OC(=O)CC)[C@H](Oc2ccccc2C(=O)O)OC[C@@H]1OC(=O)CC. The van der Waals surface area contributed by atoms with E-state index in [1.165, 1.54) is 18.2 Å². The van der Waals surface area contributed by atoms with Crippen molar-refractivity contribution < 1.29 is 48.0 Å². The largest absolute Gasteiger partial charge is 0.478 e.